The summed E-state index contributed by atoms with van der Waals surface area (Å²) in [6.07, 6.45) is 0. The van der Waals surface area contributed by atoms with Crippen LogP contribution in [0, 0.1) is 6.92 Å². The van der Waals surface area contributed by atoms with E-state index < -0.39 is 0 Å². The molecular formula is C12H13Cl2N3. The fraction of sp³-hybridized carbons (Fsp3) is 0.333. The second kappa shape index (κ2) is 4.67. The molecule has 1 N–H and O–H groups in total. The van der Waals surface area contributed by atoms with E-state index in [1.165, 1.54) is 0 Å². The van der Waals surface area contributed by atoms with Crippen molar-refractivity contribution in [2.24, 2.45) is 0 Å². The van der Waals surface area contributed by atoms with Crippen LogP contribution in [-0.2, 0) is 0 Å². The number of nitrogens with zero attached hydrogens (tertiary/aromatic N) is 2. The van der Waals surface area contributed by atoms with Crippen LogP contribution in [0.3, 0.4) is 0 Å². The van der Waals surface area contributed by atoms with E-state index in [9.17, 15) is 0 Å². The third-order valence-corrected chi connectivity index (χ3v) is 2.88. The van der Waals surface area contributed by atoms with E-state index in [0.717, 1.165) is 16.5 Å². The van der Waals surface area contributed by atoms with Crippen molar-refractivity contribution in [3.05, 3.63) is 28.0 Å². The van der Waals surface area contributed by atoms with Gasteiger partial charge in [0.15, 0.2) is 0 Å². The zero-order chi connectivity index (χ0) is 12.6. The van der Waals surface area contributed by atoms with Gasteiger partial charge in [-0.25, -0.2) is 9.97 Å². The fourth-order valence-electron chi connectivity index (χ4n) is 1.68. The first kappa shape index (κ1) is 12.4. The Balaban J connectivity index is 2.77. The molecule has 0 amide bonds. The van der Waals surface area contributed by atoms with Gasteiger partial charge in [-0.15, -0.1) is 0 Å². The molecule has 0 spiro atoms. The molecule has 0 bridgehead atoms. The Hall–Kier alpha value is -1.06. The van der Waals surface area contributed by atoms with E-state index in [4.69, 9.17) is 23.2 Å². The molecule has 3 nitrogen and oxygen atoms in total. The Morgan fingerprint density at radius 1 is 1.18 bits per heavy atom. The van der Waals surface area contributed by atoms with Gasteiger partial charge >= 0.3 is 0 Å². The SMILES string of the molecule is Cc1ccc(Cl)c2c(NC(C)C)nc(Cl)nc12. The van der Waals surface area contributed by atoms with Gasteiger partial charge in [0.05, 0.1) is 15.9 Å². The zero-order valence-electron chi connectivity index (χ0n) is 9.88. The van der Waals surface area contributed by atoms with Crippen molar-refractivity contribution in [3.63, 3.8) is 0 Å². The average Bonchev–Trinajstić information content (AvgIpc) is 2.22. The second-order valence-corrected chi connectivity index (χ2v) is 4.97. The first-order valence-corrected chi connectivity index (χ1v) is 6.13. The quantitative estimate of drug-likeness (QED) is 0.836. The van der Waals surface area contributed by atoms with Gasteiger partial charge in [-0.2, -0.15) is 0 Å². The van der Waals surface area contributed by atoms with E-state index >= 15 is 0 Å². The number of aromatic nitrogens is 2. The van der Waals surface area contributed by atoms with Crippen molar-refractivity contribution in [1.82, 2.24) is 9.97 Å². The van der Waals surface area contributed by atoms with Gasteiger partial charge in [0.1, 0.15) is 5.82 Å². The largest absolute Gasteiger partial charge is 0.367 e. The molecule has 2 aromatic rings. The molecule has 0 aliphatic heterocycles. The lowest BCUT2D eigenvalue weighted by atomic mass is 10.1. The summed E-state index contributed by atoms with van der Waals surface area (Å²) >= 11 is 12.1. The second-order valence-electron chi connectivity index (χ2n) is 4.23. The Morgan fingerprint density at radius 2 is 1.88 bits per heavy atom. The molecule has 0 fully saturated rings. The summed E-state index contributed by atoms with van der Waals surface area (Å²) in [5.41, 5.74) is 1.82. The Morgan fingerprint density at radius 3 is 2.53 bits per heavy atom. The van der Waals surface area contributed by atoms with Crippen LogP contribution in [0.15, 0.2) is 12.1 Å². The standard InChI is InChI=1S/C12H13Cl2N3/c1-6(2)15-11-9-8(13)5-4-7(3)10(9)16-12(14)17-11/h4-6H,1-3H3,(H,15,16,17). The molecule has 5 heteroatoms. The van der Waals surface area contributed by atoms with Crippen LogP contribution >= 0.6 is 23.2 Å². The number of hydrogen-bond donors (Lipinski definition) is 1. The fourth-order valence-corrected chi connectivity index (χ4v) is 2.09. The minimum Gasteiger partial charge on any atom is -0.367 e. The Kier molecular flexibility index (Phi) is 3.40. The predicted molar refractivity (Wildman–Crippen MR) is 73.1 cm³/mol. The number of anilines is 1. The molecule has 0 atom stereocenters. The predicted octanol–water partition coefficient (Wildman–Crippen LogP) is 4.07. The van der Waals surface area contributed by atoms with E-state index in [-0.39, 0.29) is 11.3 Å². The summed E-state index contributed by atoms with van der Waals surface area (Å²) < 4.78 is 0. The molecule has 0 radical (unpaired) electrons. The maximum atomic E-state index is 6.21. The number of hydrogen-bond acceptors (Lipinski definition) is 3. The van der Waals surface area contributed by atoms with E-state index in [0.29, 0.717) is 10.8 Å². The normalized spacial score (nSPS) is 11.2. The van der Waals surface area contributed by atoms with Crippen LogP contribution in [0.25, 0.3) is 10.9 Å². The molecule has 0 unspecified atom stereocenters. The molecule has 17 heavy (non-hydrogen) atoms. The molecule has 90 valence electrons. The van der Waals surface area contributed by atoms with Gasteiger partial charge in [-0.1, -0.05) is 17.7 Å². The highest BCUT2D eigenvalue weighted by Crippen LogP contribution is 2.31. The van der Waals surface area contributed by atoms with Crippen molar-refractivity contribution in [2.45, 2.75) is 26.8 Å². The summed E-state index contributed by atoms with van der Waals surface area (Å²) in [5.74, 6) is 0.684. The third kappa shape index (κ3) is 2.45. The van der Waals surface area contributed by atoms with E-state index in [1.807, 2.05) is 32.9 Å². The average molecular weight is 270 g/mol. The van der Waals surface area contributed by atoms with Gasteiger partial charge in [0, 0.05) is 6.04 Å². The number of aryl methyl sites for hydroxylation is 1. The smallest absolute Gasteiger partial charge is 0.224 e. The highest BCUT2D eigenvalue weighted by atomic mass is 35.5. The van der Waals surface area contributed by atoms with Crippen LogP contribution < -0.4 is 5.32 Å². The minimum absolute atomic E-state index is 0.228. The van der Waals surface area contributed by atoms with Crippen LogP contribution in [0.2, 0.25) is 10.3 Å². The maximum Gasteiger partial charge on any atom is 0.224 e. The lowest BCUT2D eigenvalue weighted by molar-refractivity contribution is 0.890. The number of benzene rings is 1. The molecule has 1 aromatic carbocycles. The number of nitrogens with one attached hydrogen (secondary N) is 1. The van der Waals surface area contributed by atoms with Gasteiger partial charge in [0.2, 0.25) is 5.28 Å². The molecule has 1 aromatic heterocycles. The molecule has 0 aliphatic carbocycles. The van der Waals surface area contributed by atoms with Crippen molar-refractivity contribution in [3.8, 4) is 0 Å². The lowest BCUT2D eigenvalue weighted by Crippen LogP contribution is -2.12. The summed E-state index contributed by atoms with van der Waals surface area (Å²) in [6, 6.07) is 4.02. The van der Waals surface area contributed by atoms with E-state index in [1.54, 1.807) is 0 Å². The number of fused-ring (bicyclic) bond motifs is 1. The monoisotopic (exact) mass is 269 g/mol. The van der Waals surface area contributed by atoms with Gasteiger partial charge in [-0.3, -0.25) is 0 Å². The molecule has 0 aliphatic rings. The van der Waals surface area contributed by atoms with Crippen LogP contribution in [0.5, 0.6) is 0 Å². The summed E-state index contributed by atoms with van der Waals surface area (Å²) in [6.45, 7) is 6.04. The van der Waals surface area contributed by atoms with E-state index in [2.05, 4.69) is 15.3 Å². The zero-order valence-corrected chi connectivity index (χ0v) is 11.4. The Bertz CT molecular complexity index is 567. The van der Waals surface area contributed by atoms with Crippen molar-refractivity contribution >= 4 is 39.9 Å². The molecule has 2 rings (SSSR count). The first-order chi connectivity index (χ1) is 7.99. The molecule has 0 saturated heterocycles. The topological polar surface area (TPSA) is 37.8 Å². The Labute approximate surface area is 110 Å². The third-order valence-electron chi connectivity index (χ3n) is 2.40. The van der Waals surface area contributed by atoms with Gasteiger partial charge < -0.3 is 5.32 Å². The molecule has 1 heterocycles. The molecular weight excluding hydrogens is 257 g/mol. The maximum absolute atomic E-state index is 6.21. The van der Waals surface area contributed by atoms with Crippen LogP contribution in [0.1, 0.15) is 19.4 Å². The summed E-state index contributed by atoms with van der Waals surface area (Å²) in [7, 11) is 0. The van der Waals surface area contributed by atoms with Gasteiger partial charge in [-0.05, 0) is 44.0 Å². The van der Waals surface area contributed by atoms with Crippen molar-refractivity contribution < 1.29 is 0 Å². The van der Waals surface area contributed by atoms with Crippen molar-refractivity contribution in [2.75, 3.05) is 5.32 Å². The first-order valence-electron chi connectivity index (χ1n) is 5.38. The lowest BCUT2D eigenvalue weighted by Gasteiger charge is -2.13. The van der Waals surface area contributed by atoms with Crippen LogP contribution in [-0.4, -0.2) is 16.0 Å². The minimum atomic E-state index is 0.228. The summed E-state index contributed by atoms with van der Waals surface area (Å²) in [5, 5.41) is 4.92. The van der Waals surface area contributed by atoms with Gasteiger partial charge in [0.25, 0.3) is 0 Å². The highest BCUT2D eigenvalue weighted by Gasteiger charge is 2.12. The van der Waals surface area contributed by atoms with Crippen LogP contribution in [0.4, 0.5) is 5.82 Å². The number of rotatable bonds is 2. The highest BCUT2D eigenvalue weighted by molar-refractivity contribution is 6.37. The summed E-state index contributed by atoms with van der Waals surface area (Å²) in [4.78, 5) is 8.44. The van der Waals surface area contributed by atoms with Crippen molar-refractivity contribution in [1.29, 1.82) is 0 Å². The molecule has 0 saturated carbocycles. The number of halogens is 2.